The third-order valence-electron chi connectivity index (χ3n) is 4.31. The quantitative estimate of drug-likeness (QED) is 0.891. The second kappa shape index (κ2) is 4.67. The Kier molecular flexibility index (Phi) is 3.16. The largest absolute Gasteiger partial charge is 0.481 e. The Balaban J connectivity index is 1.75. The maximum absolute atomic E-state index is 11.7. The summed E-state index contributed by atoms with van der Waals surface area (Å²) >= 11 is 1.67. The molecule has 1 aliphatic carbocycles. The van der Waals surface area contributed by atoms with Gasteiger partial charge in [0.25, 0.3) is 0 Å². The molecule has 0 radical (unpaired) electrons. The number of aryl methyl sites for hydroxylation is 1. The molecule has 3 rings (SSSR count). The van der Waals surface area contributed by atoms with Crippen molar-refractivity contribution >= 4 is 17.3 Å². The lowest BCUT2D eigenvalue weighted by atomic mass is 9.74. The van der Waals surface area contributed by atoms with Gasteiger partial charge in [0.05, 0.1) is 11.5 Å². The average Bonchev–Trinajstić information content (AvgIpc) is 2.91. The molecule has 1 aliphatic heterocycles. The first-order valence-corrected chi connectivity index (χ1v) is 7.53. The second-order valence-corrected chi connectivity index (χ2v) is 6.25. The Morgan fingerprint density at radius 3 is 3.00 bits per heavy atom. The van der Waals surface area contributed by atoms with E-state index >= 15 is 0 Å². The van der Waals surface area contributed by atoms with E-state index in [-0.39, 0.29) is 6.10 Å². The van der Waals surface area contributed by atoms with Gasteiger partial charge >= 0.3 is 5.97 Å². The lowest BCUT2D eigenvalue weighted by Gasteiger charge is -2.29. The molecule has 2 atom stereocenters. The topological polar surface area (TPSA) is 46.5 Å². The number of hydrogen-bond acceptors (Lipinski definition) is 3. The fourth-order valence-electron chi connectivity index (χ4n) is 3.06. The molecule has 1 N–H and O–H groups in total. The molecular formula is C14H18O3S. The van der Waals surface area contributed by atoms with Crippen molar-refractivity contribution in [3.63, 3.8) is 0 Å². The number of carboxylic acid groups (broad SMARTS) is 1. The Morgan fingerprint density at radius 2 is 2.39 bits per heavy atom. The maximum Gasteiger partial charge on any atom is 0.312 e. The molecule has 3 nitrogen and oxygen atoms in total. The van der Waals surface area contributed by atoms with E-state index in [0.29, 0.717) is 25.4 Å². The van der Waals surface area contributed by atoms with Crippen LogP contribution in [-0.4, -0.2) is 23.8 Å². The lowest BCUT2D eigenvalue weighted by Crippen LogP contribution is -2.40. The smallest absolute Gasteiger partial charge is 0.312 e. The van der Waals surface area contributed by atoms with Gasteiger partial charge in [-0.2, -0.15) is 11.3 Å². The summed E-state index contributed by atoms with van der Waals surface area (Å²) in [7, 11) is 0. The first kappa shape index (κ1) is 12.2. The molecule has 0 amide bonds. The van der Waals surface area contributed by atoms with Gasteiger partial charge in [0.15, 0.2) is 0 Å². The van der Waals surface area contributed by atoms with Gasteiger partial charge in [0.2, 0.25) is 0 Å². The molecule has 2 unspecified atom stereocenters. The summed E-state index contributed by atoms with van der Waals surface area (Å²) in [6.07, 6.45) is 4.46. The summed E-state index contributed by atoms with van der Waals surface area (Å²) in [5.74, 6) is -0.168. The van der Waals surface area contributed by atoms with Gasteiger partial charge in [-0.1, -0.05) is 0 Å². The normalized spacial score (nSPS) is 31.7. The van der Waals surface area contributed by atoms with Crippen LogP contribution in [0.1, 0.15) is 31.2 Å². The zero-order valence-electron chi connectivity index (χ0n) is 10.3. The number of aliphatic carboxylic acids is 1. The van der Waals surface area contributed by atoms with E-state index in [4.69, 9.17) is 4.74 Å². The molecule has 4 heteroatoms. The van der Waals surface area contributed by atoms with Gasteiger partial charge < -0.3 is 9.84 Å². The number of ether oxygens (including phenoxy) is 1. The van der Waals surface area contributed by atoms with Crippen LogP contribution >= 0.6 is 11.3 Å². The summed E-state index contributed by atoms with van der Waals surface area (Å²) < 4.78 is 5.75. The molecule has 1 saturated heterocycles. The molecule has 2 fully saturated rings. The highest BCUT2D eigenvalue weighted by atomic mass is 32.1. The summed E-state index contributed by atoms with van der Waals surface area (Å²) in [6, 6.07) is 2.09. The maximum atomic E-state index is 11.7. The number of hydrogen-bond donors (Lipinski definition) is 1. The number of carbonyl (C=O) groups is 1. The predicted octanol–water partition coefficient (Wildman–Crippen LogP) is 2.95. The number of rotatable bonds is 5. The van der Waals surface area contributed by atoms with Crippen molar-refractivity contribution < 1.29 is 14.6 Å². The monoisotopic (exact) mass is 266 g/mol. The minimum absolute atomic E-state index is 0.0476. The van der Waals surface area contributed by atoms with Crippen LogP contribution < -0.4 is 0 Å². The molecule has 2 heterocycles. The van der Waals surface area contributed by atoms with Crippen LogP contribution in [0.5, 0.6) is 0 Å². The van der Waals surface area contributed by atoms with Crippen LogP contribution in [0.3, 0.4) is 0 Å². The fraction of sp³-hybridized carbons (Fsp3) is 0.643. The van der Waals surface area contributed by atoms with Crippen LogP contribution in [0, 0.1) is 11.3 Å². The summed E-state index contributed by atoms with van der Waals surface area (Å²) in [5.41, 5.74) is 0.616. The Morgan fingerprint density at radius 1 is 1.56 bits per heavy atom. The standard InChI is InChI=1S/C14H18O3S/c15-13(16)14(5-3-10-4-8-18-9-10)6-7-17-12(14)11-1-2-11/h4,8-9,11-12H,1-3,5-7H2,(H,15,16). The minimum Gasteiger partial charge on any atom is -0.481 e. The average molecular weight is 266 g/mol. The Labute approximate surface area is 111 Å². The second-order valence-electron chi connectivity index (χ2n) is 5.47. The SMILES string of the molecule is O=C(O)C1(CCc2ccsc2)CCOC1C1CC1. The van der Waals surface area contributed by atoms with Gasteiger partial charge in [-0.05, 0) is 60.4 Å². The zero-order chi connectivity index (χ0) is 12.6. The van der Waals surface area contributed by atoms with E-state index in [2.05, 4.69) is 11.4 Å². The molecule has 18 heavy (non-hydrogen) atoms. The third kappa shape index (κ3) is 2.08. The van der Waals surface area contributed by atoms with Crippen molar-refractivity contribution in [1.82, 2.24) is 0 Å². The highest BCUT2D eigenvalue weighted by molar-refractivity contribution is 7.07. The zero-order valence-corrected chi connectivity index (χ0v) is 11.1. The third-order valence-corrected chi connectivity index (χ3v) is 5.04. The Bertz CT molecular complexity index is 424. The predicted molar refractivity (Wildman–Crippen MR) is 69.8 cm³/mol. The number of thiophene rings is 1. The van der Waals surface area contributed by atoms with Gasteiger partial charge in [-0.25, -0.2) is 0 Å². The first-order chi connectivity index (χ1) is 8.72. The van der Waals surface area contributed by atoms with Crippen LogP contribution in [-0.2, 0) is 16.0 Å². The molecule has 98 valence electrons. The van der Waals surface area contributed by atoms with Crippen LogP contribution in [0.2, 0.25) is 0 Å². The van der Waals surface area contributed by atoms with Gasteiger partial charge in [0, 0.05) is 6.61 Å². The molecule has 0 spiro atoms. The number of carboxylic acids is 1. The molecule has 2 aliphatic rings. The van der Waals surface area contributed by atoms with E-state index in [1.54, 1.807) is 11.3 Å². The van der Waals surface area contributed by atoms with E-state index in [1.807, 2.05) is 5.38 Å². The van der Waals surface area contributed by atoms with Crippen LogP contribution in [0.4, 0.5) is 0 Å². The first-order valence-electron chi connectivity index (χ1n) is 6.58. The van der Waals surface area contributed by atoms with Crippen molar-refractivity contribution in [2.45, 2.75) is 38.2 Å². The van der Waals surface area contributed by atoms with Gasteiger partial charge in [0.1, 0.15) is 0 Å². The van der Waals surface area contributed by atoms with Crippen molar-refractivity contribution in [2.75, 3.05) is 6.61 Å². The minimum atomic E-state index is -0.660. The Hall–Kier alpha value is -0.870. The van der Waals surface area contributed by atoms with E-state index in [1.165, 1.54) is 5.56 Å². The highest BCUT2D eigenvalue weighted by Gasteiger charge is 2.55. The summed E-state index contributed by atoms with van der Waals surface area (Å²) in [5, 5.41) is 13.8. The molecule has 0 bridgehead atoms. The lowest BCUT2D eigenvalue weighted by molar-refractivity contribution is -0.153. The molecule has 1 aromatic heterocycles. The fourth-order valence-corrected chi connectivity index (χ4v) is 3.76. The van der Waals surface area contributed by atoms with Crippen LogP contribution in [0.15, 0.2) is 16.8 Å². The summed E-state index contributed by atoms with van der Waals surface area (Å²) in [6.45, 7) is 0.608. The van der Waals surface area contributed by atoms with Crippen molar-refractivity contribution in [3.8, 4) is 0 Å². The van der Waals surface area contributed by atoms with Crippen molar-refractivity contribution in [2.24, 2.45) is 11.3 Å². The highest BCUT2D eigenvalue weighted by Crippen LogP contribution is 2.50. The molecule has 1 aromatic rings. The van der Waals surface area contributed by atoms with Gasteiger partial charge in [-0.3, -0.25) is 4.79 Å². The molecule has 1 saturated carbocycles. The summed E-state index contributed by atoms with van der Waals surface area (Å²) in [4.78, 5) is 11.7. The van der Waals surface area contributed by atoms with Crippen LogP contribution in [0.25, 0.3) is 0 Å². The molecule has 0 aromatic carbocycles. The van der Waals surface area contributed by atoms with E-state index in [0.717, 1.165) is 19.3 Å². The van der Waals surface area contributed by atoms with Crippen molar-refractivity contribution in [1.29, 1.82) is 0 Å². The van der Waals surface area contributed by atoms with E-state index < -0.39 is 11.4 Å². The molecular weight excluding hydrogens is 248 g/mol. The van der Waals surface area contributed by atoms with E-state index in [9.17, 15) is 9.90 Å². The van der Waals surface area contributed by atoms with Crippen molar-refractivity contribution in [3.05, 3.63) is 22.4 Å². The van der Waals surface area contributed by atoms with Gasteiger partial charge in [-0.15, -0.1) is 0 Å².